The van der Waals surface area contributed by atoms with Gasteiger partial charge in [-0.3, -0.25) is 52.7 Å². The van der Waals surface area contributed by atoms with E-state index in [2.05, 4.69) is 27.8 Å². The van der Waals surface area contributed by atoms with Gasteiger partial charge in [0.05, 0.1) is 6.10 Å². The standard InChI is InChI=1S/C64H113N11O12/c1-27-28-29-41(16)53(76)52-57(80)68-49(38(10)11)62(85)69(20)44(19)59(82)70(21)46(31-35(4)5)56(79)67-50(39(12)13)63(86)71(22)45(30-34(2)3)55(78)65-42(17)54(77)66-43(18)58(81)72(23)47(32-36(6)7)60(83)73(24)48(33-37(8)9)61(84)74(25)51(40(14)15)64(87)75(52)26/h27-28,34-43,45-53,76H,19,29-33H2,1-18,20-26H3,(H,65,78)(H,66,77)(H,67,79)(H,68,80)/b28-27+/t41-,42+,43-,45+,46+,47+,48+,49+,50+,51+,52+,53-/m1/s1. The minimum Gasteiger partial charge on any atom is -0.390 e. The topological polar surface area (TPSA) is 279 Å². The molecular formula is C64H113N11O12. The smallest absolute Gasteiger partial charge is 0.270 e. The van der Waals surface area contributed by atoms with E-state index >= 15 is 14.4 Å². The number of allylic oxidation sites excluding steroid dienone is 2. The molecule has 0 aromatic heterocycles. The molecule has 0 spiro atoms. The van der Waals surface area contributed by atoms with Crippen molar-refractivity contribution in [3.63, 3.8) is 0 Å². The minimum absolute atomic E-state index is 0.105. The largest absolute Gasteiger partial charge is 0.390 e. The molecule has 23 heteroatoms. The molecule has 11 amide bonds. The van der Waals surface area contributed by atoms with E-state index in [-0.39, 0.29) is 55.1 Å². The highest BCUT2D eigenvalue weighted by Crippen LogP contribution is 2.26. The molecule has 23 nitrogen and oxygen atoms in total. The van der Waals surface area contributed by atoms with Crippen molar-refractivity contribution in [3.05, 3.63) is 24.4 Å². The van der Waals surface area contributed by atoms with Crippen molar-refractivity contribution in [2.24, 2.45) is 47.3 Å². The van der Waals surface area contributed by atoms with Gasteiger partial charge in [-0.2, -0.15) is 0 Å². The van der Waals surface area contributed by atoms with Gasteiger partial charge < -0.3 is 60.7 Å². The normalized spacial score (nSPS) is 26.7. The van der Waals surface area contributed by atoms with Gasteiger partial charge in [-0.25, -0.2) is 0 Å². The van der Waals surface area contributed by atoms with Crippen LogP contribution < -0.4 is 21.3 Å². The molecule has 1 heterocycles. The van der Waals surface area contributed by atoms with E-state index in [9.17, 15) is 43.5 Å². The third-order valence-electron chi connectivity index (χ3n) is 16.4. The average molecular weight is 1230 g/mol. The molecule has 0 unspecified atom stereocenters. The zero-order valence-electron chi connectivity index (χ0n) is 57.4. The number of carbonyl (C=O) groups excluding carboxylic acids is 11. The molecule has 0 radical (unpaired) electrons. The molecule has 5 N–H and O–H groups in total. The number of hydrogen-bond donors (Lipinski definition) is 5. The first-order valence-corrected chi connectivity index (χ1v) is 31.1. The lowest BCUT2D eigenvalue weighted by Crippen LogP contribution is -2.64. The first-order valence-electron chi connectivity index (χ1n) is 31.1. The third kappa shape index (κ3) is 21.4. The van der Waals surface area contributed by atoms with E-state index in [0.717, 1.165) is 14.7 Å². The van der Waals surface area contributed by atoms with Crippen molar-refractivity contribution in [2.45, 2.75) is 223 Å². The van der Waals surface area contributed by atoms with Crippen molar-refractivity contribution >= 4 is 65.0 Å². The molecule has 87 heavy (non-hydrogen) atoms. The monoisotopic (exact) mass is 1230 g/mol. The van der Waals surface area contributed by atoms with Gasteiger partial charge in [0.15, 0.2) is 0 Å². The maximum Gasteiger partial charge on any atom is 0.270 e. The van der Waals surface area contributed by atoms with E-state index in [1.165, 1.54) is 82.8 Å². The average Bonchev–Trinajstić information content (AvgIpc) is 2.67. The lowest BCUT2D eigenvalue weighted by Gasteiger charge is -2.41. The maximum atomic E-state index is 15.2. The highest BCUT2D eigenvalue weighted by Gasteiger charge is 2.46. The van der Waals surface area contributed by atoms with Crippen molar-refractivity contribution < 1.29 is 57.8 Å². The summed E-state index contributed by atoms with van der Waals surface area (Å²) < 4.78 is 0. The van der Waals surface area contributed by atoms with Crippen molar-refractivity contribution in [2.75, 3.05) is 49.3 Å². The van der Waals surface area contributed by atoms with Crippen LogP contribution in [0.1, 0.15) is 157 Å². The number of nitrogens with one attached hydrogen (secondary N) is 4. The Hall–Kier alpha value is -6.39. The van der Waals surface area contributed by atoms with E-state index < -0.39 is 155 Å². The lowest BCUT2D eigenvalue weighted by atomic mass is 9.91. The molecule has 496 valence electrons. The lowest BCUT2D eigenvalue weighted by molar-refractivity contribution is -0.157. The molecule has 0 aliphatic carbocycles. The van der Waals surface area contributed by atoms with E-state index in [1.807, 2.05) is 55.4 Å². The summed E-state index contributed by atoms with van der Waals surface area (Å²) in [5.74, 6) is -11.0. The van der Waals surface area contributed by atoms with Gasteiger partial charge in [-0.15, -0.1) is 0 Å². The summed E-state index contributed by atoms with van der Waals surface area (Å²) in [4.78, 5) is 170. The van der Waals surface area contributed by atoms with Crippen LogP contribution in [-0.4, -0.2) is 220 Å². The predicted octanol–water partition coefficient (Wildman–Crippen LogP) is 4.03. The van der Waals surface area contributed by atoms with Gasteiger partial charge in [0, 0.05) is 49.3 Å². The summed E-state index contributed by atoms with van der Waals surface area (Å²) in [7, 11) is 9.76. The Kier molecular flexibility index (Phi) is 31.6. The summed E-state index contributed by atoms with van der Waals surface area (Å²) in [6.45, 7) is 35.4. The van der Waals surface area contributed by atoms with E-state index in [0.29, 0.717) is 6.42 Å². The van der Waals surface area contributed by atoms with Crippen LogP contribution in [0.4, 0.5) is 0 Å². The van der Waals surface area contributed by atoms with Crippen molar-refractivity contribution in [1.29, 1.82) is 0 Å². The quantitative estimate of drug-likeness (QED) is 0.115. The number of hydrogen-bond acceptors (Lipinski definition) is 12. The zero-order valence-corrected chi connectivity index (χ0v) is 57.4. The second kappa shape index (κ2) is 35.0. The van der Waals surface area contributed by atoms with Crippen LogP contribution in [0, 0.1) is 47.3 Å². The Labute approximate surface area is 520 Å². The second-order valence-electron chi connectivity index (χ2n) is 26.9. The SMILES string of the molecule is C=C1C(=O)N(C)[C@@H](CC(C)C)C(=O)N[C@@H](C(C)C)C(=O)N(C)[C@@H](CC(C)C)C(=O)N[C@@H](C)C(=O)N[C@H](C)C(=O)N(C)[C@@H](CC(C)C)C(=O)N(C)[C@@H](CC(C)C)C(=O)N(C)[C@@H](C(C)C)C(=O)N(C)[C@@H]([C@H](O)[C@H](C)C/C=C/C)C(=O)N[C@@H](C(C)C)C(=O)N1C. The Balaban J connectivity index is 4.42. The highest BCUT2D eigenvalue weighted by molar-refractivity contribution is 6.02. The highest BCUT2D eigenvalue weighted by atomic mass is 16.3. The molecule has 1 fully saturated rings. The molecule has 0 bridgehead atoms. The molecular weight excluding hydrogens is 1110 g/mol. The fourth-order valence-corrected chi connectivity index (χ4v) is 10.8. The van der Waals surface area contributed by atoms with E-state index in [1.54, 1.807) is 67.5 Å². The summed E-state index contributed by atoms with van der Waals surface area (Å²) in [5.41, 5.74) is -0.366. The fraction of sp³-hybridized carbons (Fsp3) is 0.766. The molecule has 0 saturated carbocycles. The van der Waals surface area contributed by atoms with E-state index in [4.69, 9.17) is 0 Å². The number of carbonyl (C=O) groups is 11. The number of aliphatic hydroxyl groups excluding tert-OH is 1. The molecule has 1 aliphatic heterocycles. The molecule has 1 rings (SSSR count). The number of nitrogens with zero attached hydrogens (tertiary/aromatic N) is 7. The van der Waals surface area contributed by atoms with Crippen molar-refractivity contribution in [3.8, 4) is 0 Å². The second-order valence-corrected chi connectivity index (χ2v) is 26.9. The molecule has 0 aromatic carbocycles. The van der Waals surface area contributed by atoms with Crippen LogP contribution in [0.25, 0.3) is 0 Å². The Morgan fingerprint density at radius 3 is 1.23 bits per heavy atom. The van der Waals surface area contributed by atoms with Crippen LogP contribution in [0.15, 0.2) is 24.4 Å². The maximum absolute atomic E-state index is 15.2. The zero-order chi connectivity index (χ0) is 67.7. The van der Waals surface area contributed by atoms with Crippen LogP contribution in [0.3, 0.4) is 0 Å². The number of likely N-dealkylation sites (N-methyl/N-ethyl adjacent to an activating group) is 7. The van der Waals surface area contributed by atoms with Crippen molar-refractivity contribution in [1.82, 2.24) is 55.6 Å². The summed E-state index contributed by atoms with van der Waals surface area (Å²) in [5, 5.41) is 23.2. The van der Waals surface area contributed by atoms with Gasteiger partial charge in [0.2, 0.25) is 59.1 Å². The summed E-state index contributed by atoms with van der Waals surface area (Å²) in [6, 6.07) is -12.7. The summed E-state index contributed by atoms with van der Waals surface area (Å²) in [6.07, 6.45) is 2.88. The molecule has 0 aromatic rings. The number of rotatable bonds is 15. The molecule has 1 aliphatic rings. The van der Waals surface area contributed by atoms with Gasteiger partial charge in [0.1, 0.15) is 66.1 Å². The van der Waals surface area contributed by atoms with Crippen LogP contribution in [-0.2, 0) is 52.7 Å². The molecule has 1 saturated heterocycles. The third-order valence-corrected chi connectivity index (χ3v) is 16.4. The van der Waals surface area contributed by atoms with Crippen LogP contribution >= 0.6 is 0 Å². The van der Waals surface area contributed by atoms with Gasteiger partial charge >= 0.3 is 0 Å². The first-order chi connectivity index (χ1) is 40.0. The van der Waals surface area contributed by atoms with Crippen LogP contribution in [0.2, 0.25) is 0 Å². The van der Waals surface area contributed by atoms with Gasteiger partial charge in [-0.1, -0.05) is 123 Å². The Morgan fingerprint density at radius 1 is 0.425 bits per heavy atom. The minimum atomic E-state index is -1.65. The Bertz CT molecular complexity index is 2440. The van der Waals surface area contributed by atoms with Crippen LogP contribution in [0.5, 0.6) is 0 Å². The number of amides is 11. The predicted molar refractivity (Wildman–Crippen MR) is 337 cm³/mol. The summed E-state index contributed by atoms with van der Waals surface area (Å²) >= 11 is 0. The molecule has 12 atom stereocenters. The first kappa shape index (κ1) is 78.6. The van der Waals surface area contributed by atoms with Gasteiger partial charge in [0.25, 0.3) is 5.91 Å². The fourth-order valence-electron chi connectivity index (χ4n) is 10.8. The van der Waals surface area contributed by atoms with Gasteiger partial charge in [-0.05, 0) is 100 Å². The number of aliphatic hydroxyl groups is 1. The Morgan fingerprint density at radius 2 is 0.793 bits per heavy atom.